The third-order valence-electron chi connectivity index (χ3n) is 4.31. The summed E-state index contributed by atoms with van der Waals surface area (Å²) in [5, 5.41) is 3.38. The van der Waals surface area contributed by atoms with Gasteiger partial charge in [0.2, 0.25) is 0 Å². The Morgan fingerprint density at radius 1 is 1.13 bits per heavy atom. The molecule has 2 rings (SSSR count). The minimum Gasteiger partial charge on any atom is -0.314 e. The number of likely N-dealkylation sites (N-methyl/N-ethyl adjacent to an activating group) is 1. The third kappa shape index (κ3) is 2.94. The molecule has 0 amide bonds. The van der Waals surface area contributed by atoms with E-state index in [1.54, 1.807) is 0 Å². The van der Waals surface area contributed by atoms with Gasteiger partial charge in [-0.3, -0.25) is 4.90 Å². The lowest BCUT2D eigenvalue weighted by Crippen LogP contribution is -2.58. The molecule has 1 N–H and O–H groups in total. The summed E-state index contributed by atoms with van der Waals surface area (Å²) in [4.78, 5) is 2.69. The van der Waals surface area contributed by atoms with E-state index in [1.165, 1.54) is 51.9 Å². The molecule has 1 aliphatic carbocycles. The van der Waals surface area contributed by atoms with Crippen LogP contribution in [0.25, 0.3) is 0 Å². The summed E-state index contributed by atoms with van der Waals surface area (Å²) in [5.41, 5.74) is 0. The van der Waals surface area contributed by atoms with E-state index < -0.39 is 0 Å². The van der Waals surface area contributed by atoms with Gasteiger partial charge in [0.15, 0.2) is 0 Å². The second-order valence-corrected chi connectivity index (χ2v) is 5.53. The molecule has 1 saturated carbocycles. The van der Waals surface area contributed by atoms with Crippen molar-refractivity contribution in [2.75, 3.05) is 26.2 Å². The summed E-state index contributed by atoms with van der Waals surface area (Å²) in [6.45, 7) is 9.75. The SMILES string of the molecule is CCN(CC1CCC(C)CC1)C1CNC1. The highest BCUT2D eigenvalue weighted by atomic mass is 15.2. The van der Waals surface area contributed by atoms with Crippen molar-refractivity contribution < 1.29 is 0 Å². The number of rotatable bonds is 4. The highest BCUT2D eigenvalue weighted by molar-refractivity contribution is 4.85. The van der Waals surface area contributed by atoms with Gasteiger partial charge in [-0.2, -0.15) is 0 Å². The standard InChI is InChI=1S/C13H26N2/c1-3-15(13-8-14-9-13)10-12-6-4-11(2)5-7-12/h11-14H,3-10H2,1-2H3. The van der Waals surface area contributed by atoms with Crippen LogP contribution in [0.3, 0.4) is 0 Å². The zero-order valence-corrected chi connectivity index (χ0v) is 10.3. The highest BCUT2D eigenvalue weighted by Crippen LogP contribution is 2.29. The van der Waals surface area contributed by atoms with Gasteiger partial charge >= 0.3 is 0 Å². The molecular weight excluding hydrogens is 184 g/mol. The van der Waals surface area contributed by atoms with Crippen molar-refractivity contribution in [3.8, 4) is 0 Å². The van der Waals surface area contributed by atoms with Crippen LogP contribution < -0.4 is 5.32 Å². The largest absolute Gasteiger partial charge is 0.314 e. The van der Waals surface area contributed by atoms with E-state index in [1.807, 2.05) is 0 Å². The second-order valence-electron chi connectivity index (χ2n) is 5.53. The first kappa shape index (κ1) is 11.4. The van der Waals surface area contributed by atoms with E-state index in [4.69, 9.17) is 0 Å². The van der Waals surface area contributed by atoms with Gasteiger partial charge in [-0.1, -0.05) is 26.7 Å². The summed E-state index contributed by atoms with van der Waals surface area (Å²) < 4.78 is 0. The van der Waals surface area contributed by atoms with Crippen LogP contribution in [0.5, 0.6) is 0 Å². The fourth-order valence-corrected chi connectivity index (χ4v) is 2.91. The average Bonchev–Trinajstić information content (AvgIpc) is 2.17. The molecule has 2 fully saturated rings. The maximum absolute atomic E-state index is 3.38. The van der Waals surface area contributed by atoms with Crippen molar-refractivity contribution in [2.24, 2.45) is 11.8 Å². The molecule has 2 heteroatoms. The van der Waals surface area contributed by atoms with Crippen LogP contribution in [0, 0.1) is 11.8 Å². The van der Waals surface area contributed by atoms with Crippen LogP contribution in [-0.2, 0) is 0 Å². The molecule has 0 bridgehead atoms. The Balaban J connectivity index is 1.74. The first-order valence-electron chi connectivity index (χ1n) is 6.74. The van der Waals surface area contributed by atoms with Gasteiger partial charge < -0.3 is 5.32 Å². The molecule has 2 aliphatic rings. The summed E-state index contributed by atoms with van der Waals surface area (Å²) in [7, 11) is 0. The molecule has 0 aromatic heterocycles. The Kier molecular flexibility index (Phi) is 4.04. The number of hydrogen-bond acceptors (Lipinski definition) is 2. The Bertz CT molecular complexity index is 181. The fourth-order valence-electron chi connectivity index (χ4n) is 2.91. The molecule has 1 aliphatic heterocycles. The second kappa shape index (κ2) is 5.31. The van der Waals surface area contributed by atoms with Crippen LogP contribution in [0.4, 0.5) is 0 Å². The minimum absolute atomic E-state index is 0.842. The zero-order chi connectivity index (χ0) is 10.7. The monoisotopic (exact) mass is 210 g/mol. The number of hydrogen-bond donors (Lipinski definition) is 1. The molecule has 88 valence electrons. The summed E-state index contributed by atoms with van der Waals surface area (Å²) >= 11 is 0. The van der Waals surface area contributed by atoms with Crippen LogP contribution in [0.2, 0.25) is 0 Å². The predicted octanol–water partition coefficient (Wildman–Crippen LogP) is 2.11. The Morgan fingerprint density at radius 3 is 2.27 bits per heavy atom. The van der Waals surface area contributed by atoms with Crippen LogP contribution in [0.1, 0.15) is 39.5 Å². The molecule has 1 saturated heterocycles. The summed E-state index contributed by atoms with van der Waals surface area (Å²) in [6, 6.07) is 0.842. The van der Waals surface area contributed by atoms with Gasteiger partial charge in [-0.15, -0.1) is 0 Å². The molecule has 0 spiro atoms. The molecule has 2 nitrogen and oxygen atoms in total. The smallest absolute Gasteiger partial charge is 0.0345 e. The van der Waals surface area contributed by atoms with Crippen LogP contribution in [-0.4, -0.2) is 37.1 Å². The van der Waals surface area contributed by atoms with Gasteiger partial charge in [-0.05, 0) is 31.2 Å². The van der Waals surface area contributed by atoms with Crippen molar-refractivity contribution in [3.05, 3.63) is 0 Å². The van der Waals surface area contributed by atoms with Gasteiger partial charge in [0.25, 0.3) is 0 Å². The average molecular weight is 210 g/mol. The Hall–Kier alpha value is -0.0800. The fraction of sp³-hybridized carbons (Fsp3) is 1.00. The lowest BCUT2D eigenvalue weighted by atomic mass is 9.82. The van der Waals surface area contributed by atoms with Crippen LogP contribution >= 0.6 is 0 Å². The maximum atomic E-state index is 3.38. The van der Waals surface area contributed by atoms with Gasteiger partial charge in [-0.25, -0.2) is 0 Å². The summed E-state index contributed by atoms with van der Waals surface area (Å²) in [5.74, 6) is 1.98. The molecular formula is C13H26N2. The predicted molar refractivity (Wildman–Crippen MR) is 65.0 cm³/mol. The summed E-state index contributed by atoms with van der Waals surface area (Å²) in [6.07, 6.45) is 5.87. The normalized spacial score (nSPS) is 33.0. The van der Waals surface area contributed by atoms with E-state index in [0.29, 0.717) is 0 Å². The lowest BCUT2D eigenvalue weighted by Gasteiger charge is -2.40. The Labute approximate surface area is 94.4 Å². The number of nitrogens with one attached hydrogen (secondary N) is 1. The van der Waals surface area contributed by atoms with Crippen molar-refractivity contribution in [2.45, 2.75) is 45.6 Å². The van der Waals surface area contributed by atoms with Gasteiger partial charge in [0.1, 0.15) is 0 Å². The number of nitrogens with zero attached hydrogens (tertiary/aromatic N) is 1. The molecule has 0 unspecified atom stereocenters. The zero-order valence-electron chi connectivity index (χ0n) is 10.3. The third-order valence-corrected chi connectivity index (χ3v) is 4.31. The van der Waals surface area contributed by atoms with Crippen molar-refractivity contribution in [1.29, 1.82) is 0 Å². The van der Waals surface area contributed by atoms with E-state index in [2.05, 4.69) is 24.1 Å². The molecule has 0 radical (unpaired) electrons. The maximum Gasteiger partial charge on any atom is 0.0345 e. The highest BCUT2D eigenvalue weighted by Gasteiger charge is 2.26. The van der Waals surface area contributed by atoms with Gasteiger partial charge in [0, 0.05) is 25.7 Å². The Morgan fingerprint density at radius 2 is 1.80 bits per heavy atom. The molecule has 0 aromatic carbocycles. The van der Waals surface area contributed by atoms with Crippen LogP contribution in [0.15, 0.2) is 0 Å². The van der Waals surface area contributed by atoms with E-state index in [-0.39, 0.29) is 0 Å². The van der Waals surface area contributed by atoms with Crippen molar-refractivity contribution in [3.63, 3.8) is 0 Å². The van der Waals surface area contributed by atoms with Gasteiger partial charge in [0.05, 0.1) is 0 Å². The quantitative estimate of drug-likeness (QED) is 0.764. The minimum atomic E-state index is 0.842. The van der Waals surface area contributed by atoms with E-state index in [0.717, 1.165) is 17.9 Å². The molecule has 15 heavy (non-hydrogen) atoms. The topological polar surface area (TPSA) is 15.3 Å². The van der Waals surface area contributed by atoms with E-state index in [9.17, 15) is 0 Å². The molecule has 1 heterocycles. The van der Waals surface area contributed by atoms with Crippen molar-refractivity contribution in [1.82, 2.24) is 10.2 Å². The first-order valence-corrected chi connectivity index (χ1v) is 6.74. The molecule has 0 aromatic rings. The molecule has 0 atom stereocenters. The lowest BCUT2D eigenvalue weighted by molar-refractivity contribution is 0.113. The van der Waals surface area contributed by atoms with Crippen molar-refractivity contribution >= 4 is 0 Å². The first-order chi connectivity index (χ1) is 7.29. The van der Waals surface area contributed by atoms with E-state index >= 15 is 0 Å².